The highest BCUT2D eigenvalue weighted by atomic mass is 19.1. The number of ether oxygens (including phenoxy) is 1. The lowest BCUT2D eigenvalue weighted by molar-refractivity contribution is 0.0924. The van der Waals surface area contributed by atoms with E-state index in [2.05, 4.69) is 5.32 Å². The minimum Gasteiger partial charge on any atom is -0.490 e. The summed E-state index contributed by atoms with van der Waals surface area (Å²) in [5, 5.41) is 3.00. The lowest BCUT2D eigenvalue weighted by Crippen LogP contribution is -2.33. The van der Waals surface area contributed by atoms with Gasteiger partial charge in [-0.05, 0) is 55.0 Å². The number of anilines is 1. The van der Waals surface area contributed by atoms with Gasteiger partial charge < -0.3 is 15.8 Å². The molecule has 0 spiro atoms. The minimum absolute atomic E-state index is 0.215. The van der Waals surface area contributed by atoms with Crippen LogP contribution in [-0.2, 0) is 12.8 Å². The molecule has 1 heterocycles. The smallest absolute Gasteiger partial charge is 0.253 e. The SMILES string of the molecule is Nc1cc2c(cc1C(=O)N[C@@H]1CCOc3c(F)cccc31)CCCC2. The number of para-hydroxylation sites is 1. The summed E-state index contributed by atoms with van der Waals surface area (Å²) in [4.78, 5) is 12.8. The molecule has 0 radical (unpaired) electrons. The van der Waals surface area contributed by atoms with Gasteiger partial charge in [-0.1, -0.05) is 12.1 Å². The van der Waals surface area contributed by atoms with Crippen LogP contribution >= 0.6 is 0 Å². The standard InChI is InChI=1S/C20H21FN2O2/c21-16-7-3-6-14-18(8-9-25-19(14)16)23-20(24)15-10-12-4-1-2-5-13(12)11-17(15)22/h3,6-7,10-11,18H,1-2,4-5,8-9,22H2,(H,23,24)/t18-/m1/s1. The Morgan fingerprint density at radius 2 is 1.96 bits per heavy atom. The third-order valence-corrected chi connectivity index (χ3v) is 5.09. The normalized spacial score (nSPS) is 18.7. The van der Waals surface area contributed by atoms with Crippen molar-refractivity contribution in [1.29, 1.82) is 0 Å². The number of halogens is 1. The number of carbonyl (C=O) groups excluding carboxylic acids is 1. The molecule has 2 aromatic carbocycles. The van der Waals surface area contributed by atoms with Crippen LogP contribution in [0.3, 0.4) is 0 Å². The predicted octanol–water partition coefficient (Wildman–Crippen LogP) is 3.54. The van der Waals surface area contributed by atoms with Crippen molar-refractivity contribution in [2.75, 3.05) is 12.3 Å². The van der Waals surface area contributed by atoms with E-state index in [1.165, 1.54) is 23.6 Å². The summed E-state index contributed by atoms with van der Waals surface area (Å²) >= 11 is 0. The third-order valence-electron chi connectivity index (χ3n) is 5.09. The average Bonchev–Trinajstić information content (AvgIpc) is 2.62. The van der Waals surface area contributed by atoms with Crippen LogP contribution in [0.25, 0.3) is 0 Å². The quantitative estimate of drug-likeness (QED) is 0.822. The first-order valence-corrected chi connectivity index (χ1v) is 8.77. The first-order chi connectivity index (χ1) is 12.1. The Hall–Kier alpha value is -2.56. The Kier molecular flexibility index (Phi) is 4.07. The van der Waals surface area contributed by atoms with Gasteiger partial charge in [0.1, 0.15) is 0 Å². The van der Waals surface area contributed by atoms with E-state index in [0.717, 1.165) is 19.3 Å². The highest BCUT2D eigenvalue weighted by Gasteiger charge is 2.26. The molecule has 2 aromatic rings. The molecule has 4 nitrogen and oxygen atoms in total. The van der Waals surface area contributed by atoms with Crippen LogP contribution in [0.5, 0.6) is 5.75 Å². The Balaban J connectivity index is 1.61. The maximum atomic E-state index is 13.9. The summed E-state index contributed by atoms with van der Waals surface area (Å²) in [6, 6.07) is 8.37. The van der Waals surface area contributed by atoms with Gasteiger partial charge in [0.05, 0.1) is 18.2 Å². The molecule has 0 aromatic heterocycles. The molecule has 0 saturated heterocycles. The van der Waals surface area contributed by atoms with Crippen LogP contribution in [-0.4, -0.2) is 12.5 Å². The second-order valence-electron chi connectivity index (χ2n) is 6.74. The number of rotatable bonds is 2. The molecule has 1 aliphatic heterocycles. The van der Waals surface area contributed by atoms with E-state index in [1.54, 1.807) is 12.1 Å². The summed E-state index contributed by atoms with van der Waals surface area (Å²) in [7, 11) is 0. The summed E-state index contributed by atoms with van der Waals surface area (Å²) in [5.41, 5.74) is 10.3. The number of aryl methyl sites for hydroxylation is 2. The van der Waals surface area contributed by atoms with Crippen molar-refractivity contribution in [1.82, 2.24) is 5.32 Å². The third kappa shape index (κ3) is 2.95. The van der Waals surface area contributed by atoms with Crippen molar-refractivity contribution in [3.8, 4) is 5.75 Å². The second kappa shape index (κ2) is 6.39. The van der Waals surface area contributed by atoms with Crippen LogP contribution in [0.4, 0.5) is 10.1 Å². The Morgan fingerprint density at radius 1 is 1.20 bits per heavy atom. The second-order valence-corrected chi connectivity index (χ2v) is 6.74. The van der Waals surface area contributed by atoms with Crippen molar-refractivity contribution < 1.29 is 13.9 Å². The van der Waals surface area contributed by atoms with Gasteiger partial charge in [-0.2, -0.15) is 0 Å². The van der Waals surface area contributed by atoms with E-state index < -0.39 is 5.82 Å². The average molecular weight is 340 g/mol. The molecule has 1 atom stereocenters. The number of fused-ring (bicyclic) bond motifs is 2. The molecule has 0 saturated carbocycles. The van der Waals surface area contributed by atoms with Crippen LogP contribution < -0.4 is 15.8 Å². The highest BCUT2D eigenvalue weighted by Crippen LogP contribution is 2.34. The monoisotopic (exact) mass is 340 g/mol. The largest absolute Gasteiger partial charge is 0.490 e. The number of amides is 1. The molecular weight excluding hydrogens is 319 g/mol. The molecule has 25 heavy (non-hydrogen) atoms. The number of nitrogens with two attached hydrogens (primary N) is 1. The van der Waals surface area contributed by atoms with E-state index in [9.17, 15) is 9.18 Å². The summed E-state index contributed by atoms with van der Waals surface area (Å²) in [5.74, 6) is -0.379. The summed E-state index contributed by atoms with van der Waals surface area (Å²) < 4.78 is 19.3. The fourth-order valence-corrected chi connectivity index (χ4v) is 3.77. The van der Waals surface area contributed by atoms with Crippen LogP contribution in [0, 0.1) is 5.82 Å². The zero-order chi connectivity index (χ0) is 17.4. The molecule has 1 aliphatic carbocycles. The van der Waals surface area contributed by atoms with Gasteiger partial charge >= 0.3 is 0 Å². The zero-order valence-corrected chi connectivity index (χ0v) is 14.0. The molecular formula is C20H21FN2O2. The van der Waals surface area contributed by atoms with Gasteiger partial charge in [0.2, 0.25) is 0 Å². The molecule has 0 fully saturated rings. The van der Waals surface area contributed by atoms with Crippen molar-refractivity contribution >= 4 is 11.6 Å². The molecule has 130 valence electrons. The van der Waals surface area contributed by atoms with Crippen molar-refractivity contribution in [3.05, 3.63) is 58.4 Å². The number of hydrogen-bond acceptors (Lipinski definition) is 3. The number of benzene rings is 2. The Labute approximate surface area is 146 Å². The molecule has 4 rings (SSSR count). The van der Waals surface area contributed by atoms with Crippen molar-refractivity contribution in [2.24, 2.45) is 0 Å². The van der Waals surface area contributed by atoms with E-state index >= 15 is 0 Å². The zero-order valence-electron chi connectivity index (χ0n) is 14.0. The van der Waals surface area contributed by atoms with Gasteiger partial charge in [0.15, 0.2) is 11.6 Å². The fourth-order valence-electron chi connectivity index (χ4n) is 3.77. The molecule has 0 bridgehead atoms. The fraction of sp³-hybridized carbons (Fsp3) is 0.350. The van der Waals surface area contributed by atoms with E-state index in [0.29, 0.717) is 29.8 Å². The van der Waals surface area contributed by atoms with E-state index in [4.69, 9.17) is 10.5 Å². The molecule has 5 heteroatoms. The van der Waals surface area contributed by atoms with E-state index in [-0.39, 0.29) is 17.7 Å². The summed E-state index contributed by atoms with van der Waals surface area (Å²) in [6.07, 6.45) is 4.93. The number of nitrogen functional groups attached to an aromatic ring is 1. The molecule has 1 amide bonds. The maximum absolute atomic E-state index is 13.9. The number of hydrogen-bond donors (Lipinski definition) is 2. The number of nitrogens with one attached hydrogen (secondary N) is 1. The molecule has 3 N–H and O–H groups in total. The van der Waals surface area contributed by atoms with E-state index in [1.807, 2.05) is 12.1 Å². The lowest BCUT2D eigenvalue weighted by atomic mass is 9.89. The highest BCUT2D eigenvalue weighted by molar-refractivity contribution is 5.99. The van der Waals surface area contributed by atoms with Crippen LogP contribution in [0.15, 0.2) is 30.3 Å². The maximum Gasteiger partial charge on any atom is 0.253 e. The first-order valence-electron chi connectivity index (χ1n) is 8.77. The predicted molar refractivity (Wildman–Crippen MR) is 94.2 cm³/mol. The topological polar surface area (TPSA) is 64.4 Å². The van der Waals surface area contributed by atoms with Gasteiger partial charge in [-0.3, -0.25) is 4.79 Å². The first kappa shape index (κ1) is 15.9. The Morgan fingerprint density at radius 3 is 2.76 bits per heavy atom. The number of carbonyl (C=O) groups is 1. The van der Waals surface area contributed by atoms with Gasteiger partial charge in [0.25, 0.3) is 5.91 Å². The van der Waals surface area contributed by atoms with Crippen LogP contribution in [0.2, 0.25) is 0 Å². The van der Waals surface area contributed by atoms with Gasteiger partial charge in [-0.15, -0.1) is 0 Å². The van der Waals surface area contributed by atoms with Crippen molar-refractivity contribution in [3.63, 3.8) is 0 Å². The minimum atomic E-state index is -0.398. The van der Waals surface area contributed by atoms with Gasteiger partial charge in [-0.25, -0.2) is 4.39 Å². The van der Waals surface area contributed by atoms with Crippen LogP contribution in [0.1, 0.15) is 52.4 Å². The molecule has 0 unspecified atom stereocenters. The Bertz CT molecular complexity index is 835. The lowest BCUT2D eigenvalue weighted by Gasteiger charge is -2.27. The van der Waals surface area contributed by atoms with Crippen molar-refractivity contribution in [2.45, 2.75) is 38.1 Å². The summed E-state index contributed by atoms with van der Waals surface area (Å²) in [6.45, 7) is 0.374. The van der Waals surface area contributed by atoms with Gasteiger partial charge in [0, 0.05) is 17.7 Å². The molecule has 2 aliphatic rings.